The van der Waals surface area contributed by atoms with Crippen LogP contribution in [0.25, 0.3) is 11.1 Å². The smallest absolute Gasteiger partial charge is 0.419 e. The third-order valence-corrected chi connectivity index (χ3v) is 6.46. The van der Waals surface area contributed by atoms with Crippen LogP contribution in [0, 0.1) is 25.5 Å². The van der Waals surface area contributed by atoms with Gasteiger partial charge in [-0.15, -0.1) is 0 Å². The van der Waals surface area contributed by atoms with Gasteiger partial charge in [0.2, 0.25) is 0 Å². The Morgan fingerprint density at radius 1 is 1.18 bits per heavy atom. The number of halogens is 5. The molecule has 10 heteroatoms. The van der Waals surface area contributed by atoms with Crippen molar-refractivity contribution >= 4 is 16.2 Å². The van der Waals surface area contributed by atoms with Crippen LogP contribution < -0.4 is 10.5 Å². The Bertz CT molecular complexity index is 1080. The average Bonchev–Trinajstić information content (AvgIpc) is 3.48. The lowest BCUT2D eigenvalue weighted by Crippen LogP contribution is -2.42. The highest BCUT2D eigenvalue weighted by Gasteiger charge is 2.42. The van der Waals surface area contributed by atoms with Crippen molar-refractivity contribution in [1.82, 2.24) is 0 Å². The molecule has 4 nitrogen and oxygen atoms in total. The molecule has 2 aromatic rings. The molecular weight excluding hydrogens is 461 g/mol. The zero-order valence-electron chi connectivity index (χ0n) is 18.8. The first-order chi connectivity index (χ1) is 15.3. The van der Waals surface area contributed by atoms with Gasteiger partial charge in [0.15, 0.2) is 0 Å². The zero-order chi connectivity index (χ0) is 24.7. The molecule has 0 saturated heterocycles. The summed E-state index contributed by atoms with van der Waals surface area (Å²) in [5, 5.41) is -1.96. The third-order valence-electron chi connectivity index (χ3n) is 5.60. The van der Waals surface area contributed by atoms with Gasteiger partial charge in [-0.05, 0) is 62.4 Å². The number of rotatable bonds is 7. The maximum absolute atomic E-state index is 15.8. The number of ether oxygens (including phenoxy) is 2. The lowest BCUT2D eigenvalue weighted by atomic mass is 9.88. The largest absolute Gasteiger partial charge is 0.490 e. The molecule has 0 radical (unpaired) electrons. The number of benzene rings is 2. The topological polar surface area (TPSA) is 61.5 Å². The lowest BCUT2D eigenvalue weighted by Gasteiger charge is -2.28. The minimum atomic E-state index is -5.10. The molecule has 0 unspecified atom stereocenters. The van der Waals surface area contributed by atoms with Gasteiger partial charge >= 0.3 is 12.1 Å². The molecule has 0 bridgehead atoms. The van der Waals surface area contributed by atoms with Gasteiger partial charge in [0.25, 0.3) is 0 Å². The summed E-state index contributed by atoms with van der Waals surface area (Å²) in [5.74, 6) is -3.46. The highest BCUT2D eigenvalue weighted by Crippen LogP contribution is 2.44. The van der Waals surface area contributed by atoms with E-state index in [-0.39, 0.29) is 28.5 Å². The van der Waals surface area contributed by atoms with Crippen LogP contribution in [-0.2, 0) is 20.9 Å². The van der Waals surface area contributed by atoms with E-state index in [4.69, 9.17) is 15.2 Å². The van der Waals surface area contributed by atoms with Gasteiger partial charge in [-0.25, -0.2) is 8.78 Å². The number of alkyl halides is 3. The summed E-state index contributed by atoms with van der Waals surface area (Å²) in [6.07, 6.45) is -4.02. The highest BCUT2D eigenvalue weighted by molar-refractivity contribution is 6.17. The van der Waals surface area contributed by atoms with Crippen LogP contribution in [0.15, 0.2) is 18.2 Å². The van der Waals surface area contributed by atoms with Gasteiger partial charge in [-0.1, -0.05) is 6.07 Å². The summed E-state index contributed by atoms with van der Waals surface area (Å²) in [4.78, 5) is 12.0. The molecular formula is C23H26F5NO3Si. The van der Waals surface area contributed by atoms with Crippen LogP contribution in [0.3, 0.4) is 0 Å². The van der Waals surface area contributed by atoms with E-state index in [1.807, 2.05) is 0 Å². The maximum atomic E-state index is 15.8. The molecule has 1 atom stereocenters. The van der Waals surface area contributed by atoms with Crippen molar-refractivity contribution in [3.05, 3.63) is 52.1 Å². The monoisotopic (exact) mass is 487 g/mol. The van der Waals surface area contributed by atoms with E-state index in [1.54, 1.807) is 26.0 Å². The number of esters is 1. The number of carbonyl (C=O) groups is 1. The summed E-state index contributed by atoms with van der Waals surface area (Å²) in [5.41, 5.74) is 4.15. The van der Waals surface area contributed by atoms with Crippen LogP contribution in [-0.4, -0.2) is 28.9 Å². The van der Waals surface area contributed by atoms with Crippen molar-refractivity contribution in [2.24, 2.45) is 5.73 Å². The van der Waals surface area contributed by atoms with Gasteiger partial charge in [-0.3, -0.25) is 4.79 Å². The van der Waals surface area contributed by atoms with E-state index in [0.29, 0.717) is 22.9 Å². The molecule has 0 heterocycles. The van der Waals surface area contributed by atoms with Gasteiger partial charge in [0, 0.05) is 26.5 Å². The first-order valence-corrected chi connectivity index (χ1v) is 11.6. The van der Waals surface area contributed by atoms with Crippen LogP contribution >= 0.6 is 0 Å². The number of nitrogens with two attached hydrogens (primary N) is 1. The van der Waals surface area contributed by atoms with Gasteiger partial charge in [0.05, 0.1) is 24.7 Å². The molecule has 33 heavy (non-hydrogen) atoms. The Morgan fingerprint density at radius 3 is 2.36 bits per heavy atom. The van der Waals surface area contributed by atoms with Crippen molar-refractivity contribution in [3.63, 3.8) is 0 Å². The molecule has 0 aromatic heterocycles. The van der Waals surface area contributed by atoms with Crippen LogP contribution in [0.4, 0.5) is 22.0 Å². The molecule has 0 amide bonds. The lowest BCUT2D eigenvalue weighted by molar-refractivity contribution is -0.143. The molecule has 0 aliphatic heterocycles. The van der Waals surface area contributed by atoms with E-state index in [2.05, 4.69) is 0 Å². The maximum Gasteiger partial charge on any atom is 0.419 e. The molecule has 2 aromatic carbocycles. The van der Waals surface area contributed by atoms with Gasteiger partial charge in [-0.2, -0.15) is 13.2 Å². The van der Waals surface area contributed by atoms with Crippen LogP contribution in [0.2, 0.25) is 0 Å². The standard InChI is InChI=1S/C23H26F5NO3Si/c1-4-31-17(30)10-22(29,33)19-20(24)14(9-15(21(19)25)23(26,27)28)18-11(2)5-8-16(12(18)3)32-13-6-7-13/h5,8-9,13H,4,6-7,10,29H2,1-3,33H3/t22-/m0/s1. The second-order valence-corrected chi connectivity index (χ2v) is 10.4. The number of hydrogen-bond acceptors (Lipinski definition) is 4. The van der Waals surface area contributed by atoms with Crippen molar-refractivity contribution in [2.75, 3.05) is 6.61 Å². The Kier molecular flexibility index (Phi) is 6.91. The molecule has 1 aliphatic carbocycles. The minimum absolute atomic E-state index is 0.00144. The van der Waals surface area contributed by atoms with Crippen LogP contribution in [0.5, 0.6) is 5.75 Å². The molecule has 1 aliphatic rings. The summed E-state index contributed by atoms with van der Waals surface area (Å²) >= 11 is 0. The Morgan fingerprint density at radius 2 is 1.82 bits per heavy atom. The molecule has 0 spiro atoms. The van der Waals surface area contributed by atoms with E-state index < -0.39 is 52.1 Å². The van der Waals surface area contributed by atoms with E-state index in [9.17, 15) is 18.0 Å². The average molecular weight is 488 g/mol. The predicted molar refractivity (Wildman–Crippen MR) is 117 cm³/mol. The van der Waals surface area contributed by atoms with Crippen LogP contribution in [0.1, 0.15) is 48.4 Å². The van der Waals surface area contributed by atoms with Crippen molar-refractivity contribution < 1.29 is 36.2 Å². The second-order valence-electron chi connectivity index (χ2n) is 8.57. The van der Waals surface area contributed by atoms with E-state index in [0.717, 1.165) is 12.8 Å². The second kappa shape index (κ2) is 9.06. The van der Waals surface area contributed by atoms with E-state index >= 15 is 8.78 Å². The fourth-order valence-electron chi connectivity index (χ4n) is 3.86. The molecule has 180 valence electrons. The fraction of sp³-hybridized carbons (Fsp3) is 0.435. The first kappa shape index (κ1) is 25.2. The summed E-state index contributed by atoms with van der Waals surface area (Å²) in [7, 11) is -0.211. The first-order valence-electron chi connectivity index (χ1n) is 10.6. The summed E-state index contributed by atoms with van der Waals surface area (Å²) in [6, 6.07) is 3.76. The van der Waals surface area contributed by atoms with E-state index in [1.165, 1.54) is 6.92 Å². The van der Waals surface area contributed by atoms with Crippen molar-refractivity contribution in [2.45, 2.75) is 57.5 Å². The highest BCUT2D eigenvalue weighted by atomic mass is 28.1. The molecule has 3 rings (SSSR count). The SMILES string of the molecule is CCOC(=O)C[C@](N)([SiH3])c1c(F)c(-c2c(C)ccc(OC3CC3)c2C)cc(C(F)(F)F)c1F. The fourth-order valence-corrected chi connectivity index (χ4v) is 4.59. The number of hydrogen-bond donors (Lipinski definition) is 1. The Labute approximate surface area is 191 Å². The molecule has 1 fully saturated rings. The van der Waals surface area contributed by atoms with Gasteiger partial charge in [0.1, 0.15) is 17.4 Å². The number of carbonyl (C=O) groups excluding carboxylic acids is 1. The van der Waals surface area contributed by atoms with Gasteiger partial charge < -0.3 is 15.2 Å². The van der Waals surface area contributed by atoms with Crippen molar-refractivity contribution in [3.8, 4) is 16.9 Å². The Balaban J connectivity index is 2.28. The third kappa shape index (κ3) is 5.21. The quantitative estimate of drug-likeness (QED) is 0.361. The summed E-state index contributed by atoms with van der Waals surface area (Å²) in [6.45, 7) is 4.77. The number of aryl methyl sites for hydroxylation is 1. The normalized spacial score (nSPS) is 15.9. The summed E-state index contributed by atoms with van der Waals surface area (Å²) < 4.78 is 82.9. The predicted octanol–water partition coefficient (Wildman–Crippen LogP) is 4.24. The zero-order valence-corrected chi connectivity index (χ0v) is 20.8. The molecule has 1 saturated carbocycles. The van der Waals surface area contributed by atoms with Crippen molar-refractivity contribution in [1.29, 1.82) is 0 Å². The minimum Gasteiger partial charge on any atom is -0.490 e. The Hall–Kier alpha value is -2.46. The molecule has 2 N–H and O–H groups in total.